The summed E-state index contributed by atoms with van der Waals surface area (Å²) < 4.78 is 14.4. The van der Waals surface area contributed by atoms with Crippen molar-refractivity contribution >= 4 is 11.6 Å². The molecular weight excluding hydrogens is 327 g/mol. The predicted octanol–water partition coefficient (Wildman–Crippen LogP) is 5.31. The lowest BCUT2D eigenvalue weighted by Crippen LogP contribution is -2.48. The number of rotatable bonds is 6. The van der Waals surface area contributed by atoms with E-state index >= 15 is 0 Å². The van der Waals surface area contributed by atoms with Crippen LogP contribution in [0, 0.1) is 11.2 Å². The molecule has 26 heavy (non-hydrogen) atoms. The molecule has 0 heterocycles. The van der Waals surface area contributed by atoms with Crippen LogP contribution in [-0.2, 0) is 4.79 Å². The third-order valence-corrected chi connectivity index (χ3v) is 4.00. The molecule has 0 radical (unpaired) electrons. The van der Waals surface area contributed by atoms with Crippen molar-refractivity contribution in [3.63, 3.8) is 0 Å². The average Bonchev–Trinajstić information content (AvgIpc) is 2.51. The van der Waals surface area contributed by atoms with Crippen molar-refractivity contribution in [1.29, 1.82) is 0 Å². The second-order valence-corrected chi connectivity index (χ2v) is 8.58. The van der Waals surface area contributed by atoms with Gasteiger partial charge in [0.05, 0.1) is 0 Å². The van der Waals surface area contributed by atoms with Crippen LogP contribution in [-0.4, -0.2) is 11.4 Å². The smallest absolute Gasteiger partial charge is 0.247 e. The fourth-order valence-corrected chi connectivity index (χ4v) is 3.47. The Labute approximate surface area is 156 Å². The van der Waals surface area contributed by atoms with Crippen LogP contribution in [0.25, 0.3) is 0 Å². The van der Waals surface area contributed by atoms with Gasteiger partial charge in [-0.2, -0.15) is 0 Å². The zero-order valence-corrected chi connectivity index (χ0v) is 16.3. The maximum atomic E-state index is 14.4. The van der Waals surface area contributed by atoms with Crippen LogP contribution in [0.1, 0.15) is 52.6 Å². The summed E-state index contributed by atoms with van der Waals surface area (Å²) in [6, 6.07) is 15.0. The molecule has 1 atom stereocenters. The lowest BCUT2D eigenvalue weighted by molar-refractivity contribution is -0.123. The molecule has 0 fully saturated rings. The van der Waals surface area contributed by atoms with Gasteiger partial charge in [0, 0.05) is 16.8 Å². The first-order chi connectivity index (χ1) is 12.1. The Morgan fingerprint density at radius 1 is 0.962 bits per heavy atom. The lowest BCUT2D eigenvalue weighted by atomic mass is 9.81. The standard InChI is InChI=1S/C22H29FN2O/c1-21(2,3)15-22(4,5)25-20(26)19(17-13-9-10-14-18(17)23)24-16-11-7-6-8-12-16/h6-14,19,24H,15H2,1-5H3,(H,25,26). The summed E-state index contributed by atoms with van der Waals surface area (Å²) in [5.74, 6) is -0.641. The van der Waals surface area contributed by atoms with Crippen LogP contribution >= 0.6 is 0 Å². The van der Waals surface area contributed by atoms with E-state index in [1.54, 1.807) is 18.2 Å². The first-order valence-electron chi connectivity index (χ1n) is 8.95. The minimum Gasteiger partial charge on any atom is -0.370 e. The quantitative estimate of drug-likeness (QED) is 0.736. The van der Waals surface area contributed by atoms with Gasteiger partial charge in [0.1, 0.15) is 11.9 Å². The van der Waals surface area contributed by atoms with Crippen molar-refractivity contribution < 1.29 is 9.18 Å². The van der Waals surface area contributed by atoms with Crippen LogP contribution < -0.4 is 10.6 Å². The summed E-state index contributed by atoms with van der Waals surface area (Å²) in [6.45, 7) is 10.4. The molecule has 0 aliphatic rings. The number of nitrogens with one attached hydrogen (secondary N) is 2. The highest BCUT2D eigenvalue weighted by atomic mass is 19.1. The number of amides is 1. The molecule has 2 N–H and O–H groups in total. The predicted molar refractivity (Wildman–Crippen MR) is 105 cm³/mol. The number of benzene rings is 2. The van der Waals surface area contributed by atoms with E-state index in [1.165, 1.54) is 6.07 Å². The van der Waals surface area contributed by atoms with Gasteiger partial charge in [0.25, 0.3) is 0 Å². The van der Waals surface area contributed by atoms with Gasteiger partial charge in [0.15, 0.2) is 0 Å². The van der Waals surface area contributed by atoms with Gasteiger partial charge in [-0.15, -0.1) is 0 Å². The molecule has 0 aromatic heterocycles. The molecule has 2 aromatic carbocycles. The molecule has 0 spiro atoms. The Hall–Kier alpha value is -2.36. The van der Waals surface area contributed by atoms with E-state index in [-0.39, 0.29) is 11.3 Å². The van der Waals surface area contributed by atoms with Crippen molar-refractivity contribution in [2.45, 2.75) is 52.6 Å². The lowest BCUT2D eigenvalue weighted by Gasteiger charge is -2.35. The maximum absolute atomic E-state index is 14.4. The number of carbonyl (C=O) groups is 1. The second kappa shape index (κ2) is 7.90. The number of anilines is 1. The molecule has 1 unspecified atom stereocenters. The molecular formula is C22H29FN2O. The van der Waals surface area contributed by atoms with Gasteiger partial charge >= 0.3 is 0 Å². The summed E-state index contributed by atoms with van der Waals surface area (Å²) in [6.07, 6.45) is 0.807. The van der Waals surface area contributed by atoms with Crippen LogP contribution in [0.2, 0.25) is 0 Å². The van der Waals surface area contributed by atoms with Gasteiger partial charge in [0.2, 0.25) is 5.91 Å². The molecule has 1 amide bonds. The second-order valence-electron chi connectivity index (χ2n) is 8.58. The summed E-state index contributed by atoms with van der Waals surface area (Å²) in [4.78, 5) is 13.1. The number of halogens is 1. The Balaban J connectivity index is 2.28. The SMILES string of the molecule is CC(C)(C)CC(C)(C)NC(=O)C(Nc1ccccc1)c1ccccc1F. The fourth-order valence-electron chi connectivity index (χ4n) is 3.47. The largest absolute Gasteiger partial charge is 0.370 e. The highest BCUT2D eigenvalue weighted by molar-refractivity contribution is 5.86. The Kier molecular flexibility index (Phi) is 6.06. The summed E-state index contributed by atoms with van der Waals surface area (Å²) >= 11 is 0. The molecule has 0 saturated heterocycles. The molecule has 2 aromatic rings. The van der Waals surface area contributed by atoms with Crippen molar-refractivity contribution in [2.24, 2.45) is 5.41 Å². The zero-order chi connectivity index (χ0) is 19.4. The highest BCUT2D eigenvalue weighted by Gasteiger charge is 2.31. The van der Waals surface area contributed by atoms with Crippen LogP contribution in [0.3, 0.4) is 0 Å². The van der Waals surface area contributed by atoms with E-state index in [0.717, 1.165) is 12.1 Å². The third kappa shape index (κ3) is 5.87. The number of para-hydroxylation sites is 1. The minimum absolute atomic E-state index is 0.0666. The normalized spacial score (nSPS) is 13.2. The van der Waals surface area contributed by atoms with Gasteiger partial charge in [-0.1, -0.05) is 57.2 Å². The molecule has 4 heteroatoms. The Morgan fingerprint density at radius 2 is 1.54 bits per heavy atom. The first-order valence-corrected chi connectivity index (χ1v) is 8.95. The first kappa shape index (κ1) is 20.0. The van der Waals surface area contributed by atoms with E-state index < -0.39 is 17.4 Å². The van der Waals surface area contributed by atoms with Gasteiger partial charge < -0.3 is 10.6 Å². The zero-order valence-electron chi connectivity index (χ0n) is 16.3. The minimum atomic E-state index is -0.808. The molecule has 0 aliphatic heterocycles. The monoisotopic (exact) mass is 356 g/mol. The number of hydrogen-bond donors (Lipinski definition) is 2. The van der Waals surface area contributed by atoms with Crippen molar-refractivity contribution in [3.8, 4) is 0 Å². The van der Waals surface area contributed by atoms with Crippen LogP contribution in [0.15, 0.2) is 54.6 Å². The third-order valence-electron chi connectivity index (χ3n) is 4.00. The topological polar surface area (TPSA) is 41.1 Å². The van der Waals surface area contributed by atoms with E-state index in [9.17, 15) is 9.18 Å². The maximum Gasteiger partial charge on any atom is 0.247 e. The van der Waals surface area contributed by atoms with Crippen LogP contribution in [0.5, 0.6) is 0 Å². The van der Waals surface area contributed by atoms with E-state index in [4.69, 9.17) is 0 Å². The van der Waals surface area contributed by atoms with Gasteiger partial charge in [-0.05, 0) is 43.9 Å². The molecule has 0 bridgehead atoms. The molecule has 0 aliphatic carbocycles. The van der Waals surface area contributed by atoms with Crippen molar-refractivity contribution in [2.75, 3.05) is 5.32 Å². The number of carbonyl (C=O) groups excluding carboxylic acids is 1. The van der Waals surface area contributed by atoms with E-state index in [0.29, 0.717) is 5.56 Å². The number of hydrogen-bond acceptors (Lipinski definition) is 2. The Morgan fingerprint density at radius 3 is 2.12 bits per heavy atom. The molecule has 3 nitrogen and oxygen atoms in total. The summed E-state index contributed by atoms with van der Waals surface area (Å²) in [7, 11) is 0. The summed E-state index contributed by atoms with van der Waals surface area (Å²) in [5.41, 5.74) is 0.763. The van der Waals surface area contributed by atoms with Gasteiger partial charge in [-0.3, -0.25) is 4.79 Å². The fraction of sp³-hybridized carbons (Fsp3) is 0.409. The highest BCUT2D eigenvalue weighted by Crippen LogP contribution is 2.28. The van der Waals surface area contributed by atoms with Crippen molar-refractivity contribution in [3.05, 3.63) is 66.0 Å². The van der Waals surface area contributed by atoms with E-state index in [1.807, 2.05) is 44.2 Å². The summed E-state index contributed by atoms with van der Waals surface area (Å²) in [5, 5.41) is 6.26. The van der Waals surface area contributed by atoms with Crippen LogP contribution in [0.4, 0.5) is 10.1 Å². The molecule has 2 rings (SSSR count). The average molecular weight is 356 g/mol. The Bertz CT molecular complexity index is 735. The molecule has 0 saturated carbocycles. The van der Waals surface area contributed by atoms with E-state index in [2.05, 4.69) is 31.4 Å². The van der Waals surface area contributed by atoms with Gasteiger partial charge in [-0.25, -0.2) is 4.39 Å². The molecule has 140 valence electrons. The van der Waals surface area contributed by atoms with Crippen molar-refractivity contribution in [1.82, 2.24) is 5.32 Å².